The van der Waals surface area contributed by atoms with Gasteiger partial charge in [-0.25, -0.2) is 4.79 Å². The zero-order chi connectivity index (χ0) is 26.3. The van der Waals surface area contributed by atoms with Crippen LogP contribution in [0.5, 0.6) is 0 Å². The van der Waals surface area contributed by atoms with E-state index in [-0.39, 0.29) is 45.5 Å². The maximum Gasteiger partial charge on any atom is 0.407 e. The van der Waals surface area contributed by atoms with Crippen molar-refractivity contribution >= 4 is 52.6 Å². The van der Waals surface area contributed by atoms with Gasteiger partial charge in [-0.3, -0.25) is 14.7 Å². The van der Waals surface area contributed by atoms with Gasteiger partial charge in [0.2, 0.25) is 11.8 Å². The monoisotopic (exact) mass is 547 g/mol. The van der Waals surface area contributed by atoms with Crippen LogP contribution in [0.1, 0.15) is 81.9 Å². The van der Waals surface area contributed by atoms with E-state index in [9.17, 15) is 14.4 Å². The van der Waals surface area contributed by atoms with Gasteiger partial charge in [-0.1, -0.05) is 29.3 Å². The number of anilines is 2. The Kier molecular flexibility index (Phi) is 7.11. The molecule has 3 aliphatic rings. The van der Waals surface area contributed by atoms with Crippen LogP contribution >= 0.6 is 23.2 Å². The molecule has 3 N–H and O–H groups in total. The van der Waals surface area contributed by atoms with Gasteiger partial charge in [0.25, 0.3) is 0 Å². The van der Waals surface area contributed by atoms with Crippen molar-refractivity contribution in [1.82, 2.24) is 15.5 Å². The molecule has 1 aliphatic heterocycles. The molecule has 198 valence electrons. The molecule has 0 spiro atoms. The summed E-state index contributed by atoms with van der Waals surface area (Å²) in [5.41, 5.74) is 1.93. The largest absolute Gasteiger partial charge is 0.446 e. The van der Waals surface area contributed by atoms with Crippen LogP contribution < -0.4 is 15.5 Å². The van der Waals surface area contributed by atoms with Crippen LogP contribution in [-0.2, 0) is 14.3 Å². The molecule has 2 aromatic rings. The minimum atomic E-state index is -0.593. The van der Waals surface area contributed by atoms with Gasteiger partial charge in [-0.05, 0) is 64.0 Å². The van der Waals surface area contributed by atoms with Gasteiger partial charge in [-0.2, -0.15) is 5.10 Å². The lowest BCUT2D eigenvalue weighted by atomic mass is 9.99. The van der Waals surface area contributed by atoms with Crippen molar-refractivity contribution in [3.05, 3.63) is 39.5 Å². The van der Waals surface area contributed by atoms with E-state index in [1.54, 1.807) is 24.0 Å². The van der Waals surface area contributed by atoms with E-state index in [0.29, 0.717) is 36.5 Å². The lowest BCUT2D eigenvalue weighted by Gasteiger charge is -2.21. The summed E-state index contributed by atoms with van der Waals surface area (Å²) < 4.78 is 5.60. The van der Waals surface area contributed by atoms with Crippen molar-refractivity contribution < 1.29 is 19.1 Å². The average Bonchev–Trinajstić information content (AvgIpc) is 3.26. The summed E-state index contributed by atoms with van der Waals surface area (Å²) in [5.74, 6) is -0.276. The SMILES string of the molecule is CC(C(=O)Nc1cc([C@H]2CC[C@H](OC(=O)NC3(C)CC3)C2)[nH]n1)c1ccc(N2CCCC2=O)c(Cl)c1Cl. The summed E-state index contributed by atoms with van der Waals surface area (Å²) in [5, 5.41) is 13.6. The molecule has 9 nitrogen and oxygen atoms in total. The van der Waals surface area contributed by atoms with Crippen molar-refractivity contribution in [2.75, 3.05) is 16.8 Å². The highest BCUT2D eigenvalue weighted by Crippen LogP contribution is 2.40. The second-order valence-corrected chi connectivity index (χ2v) is 11.3. The summed E-state index contributed by atoms with van der Waals surface area (Å²) in [4.78, 5) is 38.8. The van der Waals surface area contributed by atoms with E-state index in [0.717, 1.165) is 37.8 Å². The first-order valence-corrected chi connectivity index (χ1v) is 13.5. The summed E-state index contributed by atoms with van der Waals surface area (Å²) in [6, 6.07) is 5.31. The number of rotatable bonds is 7. The van der Waals surface area contributed by atoms with E-state index in [4.69, 9.17) is 27.9 Å². The molecule has 2 saturated carbocycles. The molecule has 0 bridgehead atoms. The second-order valence-electron chi connectivity index (χ2n) is 10.6. The third-order valence-electron chi connectivity index (χ3n) is 7.67. The Balaban J connectivity index is 1.18. The zero-order valence-electron chi connectivity index (χ0n) is 20.9. The molecule has 3 fully saturated rings. The average molecular weight is 548 g/mol. The Labute approximate surface area is 225 Å². The number of amides is 3. The Morgan fingerprint density at radius 3 is 2.73 bits per heavy atom. The minimum absolute atomic E-state index is 0.0156. The first-order valence-electron chi connectivity index (χ1n) is 12.8. The third kappa shape index (κ3) is 5.57. The number of halogens is 2. The van der Waals surface area contributed by atoms with Crippen molar-refractivity contribution in [3.8, 4) is 0 Å². The molecule has 1 aromatic heterocycles. The zero-order valence-corrected chi connectivity index (χ0v) is 22.4. The molecule has 2 aliphatic carbocycles. The third-order valence-corrected chi connectivity index (χ3v) is 8.55. The number of benzene rings is 1. The number of alkyl carbamates (subject to hydrolysis) is 1. The highest BCUT2D eigenvalue weighted by atomic mass is 35.5. The van der Waals surface area contributed by atoms with Gasteiger partial charge in [0.05, 0.1) is 21.7 Å². The first kappa shape index (κ1) is 25.9. The van der Waals surface area contributed by atoms with Crippen molar-refractivity contribution in [2.24, 2.45) is 0 Å². The molecule has 11 heteroatoms. The Bertz CT molecular complexity index is 1230. The molecule has 1 aromatic carbocycles. The fourth-order valence-corrected chi connectivity index (χ4v) is 5.65. The number of H-pyrrole nitrogens is 1. The van der Waals surface area contributed by atoms with Crippen LogP contribution in [0.4, 0.5) is 16.3 Å². The lowest BCUT2D eigenvalue weighted by molar-refractivity contribution is -0.118. The summed E-state index contributed by atoms with van der Waals surface area (Å²) >= 11 is 13.0. The van der Waals surface area contributed by atoms with E-state index in [1.165, 1.54) is 0 Å². The van der Waals surface area contributed by atoms with Gasteiger partial charge in [0.1, 0.15) is 6.10 Å². The maximum atomic E-state index is 13.0. The molecular weight excluding hydrogens is 517 g/mol. The van der Waals surface area contributed by atoms with Gasteiger partial charge in [-0.15, -0.1) is 0 Å². The molecule has 3 amide bonds. The lowest BCUT2D eigenvalue weighted by Crippen LogP contribution is -2.36. The molecule has 1 unspecified atom stereocenters. The van der Waals surface area contributed by atoms with E-state index >= 15 is 0 Å². The molecule has 37 heavy (non-hydrogen) atoms. The highest BCUT2D eigenvalue weighted by molar-refractivity contribution is 6.44. The predicted molar refractivity (Wildman–Crippen MR) is 141 cm³/mol. The van der Waals surface area contributed by atoms with Crippen LogP contribution in [0.3, 0.4) is 0 Å². The van der Waals surface area contributed by atoms with Crippen LogP contribution in [0, 0.1) is 0 Å². The number of nitrogens with one attached hydrogen (secondary N) is 3. The quantitative estimate of drug-likeness (QED) is 0.423. The Morgan fingerprint density at radius 2 is 2.03 bits per heavy atom. The number of aromatic amines is 1. The van der Waals surface area contributed by atoms with Gasteiger partial charge in [0.15, 0.2) is 5.82 Å². The van der Waals surface area contributed by atoms with Crippen LogP contribution in [0.2, 0.25) is 10.0 Å². The minimum Gasteiger partial charge on any atom is -0.446 e. The molecule has 5 rings (SSSR count). The van der Waals surface area contributed by atoms with E-state index in [2.05, 4.69) is 20.8 Å². The highest BCUT2D eigenvalue weighted by Gasteiger charge is 2.40. The smallest absolute Gasteiger partial charge is 0.407 e. The molecule has 0 radical (unpaired) electrons. The first-order chi connectivity index (χ1) is 17.6. The number of carbonyl (C=O) groups excluding carboxylic acids is 3. The second kappa shape index (κ2) is 10.2. The topological polar surface area (TPSA) is 116 Å². The van der Waals surface area contributed by atoms with Crippen molar-refractivity contribution in [3.63, 3.8) is 0 Å². The normalized spacial score (nSPS) is 23.1. The van der Waals surface area contributed by atoms with E-state index < -0.39 is 5.92 Å². The predicted octanol–water partition coefficient (Wildman–Crippen LogP) is 5.50. The summed E-state index contributed by atoms with van der Waals surface area (Å²) in [7, 11) is 0. The van der Waals surface area contributed by atoms with Crippen LogP contribution in [-0.4, -0.2) is 46.3 Å². The van der Waals surface area contributed by atoms with Crippen LogP contribution in [0.15, 0.2) is 18.2 Å². The van der Waals surface area contributed by atoms with Crippen molar-refractivity contribution in [2.45, 2.75) is 82.3 Å². The molecule has 3 atom stereocenters. The fraction of sp³-hybridized carbons (Fsp3) is 0.538. The van der Waals surface area contributed by atoms with Gasteiger partial charge >= 0.3 is 6.09 Å². The Hall–Kier alpha value is -2.78. The number of ether oxygens (including phenoxy) is 1. The molecular formula is C26H31Cl2N5O4. The molecule has 1 saturated heterocycles. The number of hydrogen-bond donors (Lipinski definition) is 3. The summed E-state index contributed by atoms with van der Waals surface area (Å²) in [6.07, 6.45) is 5.10. The fourth-order valence-electron chi connectivity index (χ4n) is 5.05. The van der Waals surface area contributed by atoms with E-state index in [1.807, 2.05) is 13.0 Å². The van der Waals surface area contributed by atoms with Crippen molar-refractivity contribution in [1.29, 1.82) is 0 Å². The summed E-state index contributed by atoms with van der Waals surface area (Å²) in [6.45, 7) is 4.36. The van der Waals surface area contributed by atoms with Gasteiger partial charge in [0, 0.05) is 36.2 Å². The molecule has 2 heterocycles. The number of aromatic nitrogens is 2. The Morgan fingerprint density at radius 1 is 1.24 bits per heavy atom. The maximum absolute atomic E-state index is 13.0. The number of nitrogens with zero attached hydrogens (tertiary/aromatic N) is 2. The number of hydrogen-bond acceptors (Lipinski definition) is 5. The standard InChI is InChI=1S/C26H31Cl2N5O4/c1-14(17-7-8-19(23(28)22(17)27)33-11-3-4-21(33)34)24(35)29-20-13-18(31-32-20)15-5-6-16(12-15)37-25(36)30-26(2)9-10-26/h7-8,13-16H,3-6,9-12H2,1-2H3,(H,30,36)(H2,29,31,32,35)/t14?,15-,16-/m0/s1. The van der Waals surface area contributed by atoms with Crippen LogP contribution in [0.25, 0.3) is 0 Å². The van der Waals surface area contributed by atoms with Gasteiger partial charge < -0.3 is 20.3 Å². The number of carbonyl (C=O) groups is 3.